The van der Waals surface area contributed by atoms with E-state index in [0.29, 0.717) is 24.6 Å². The van der Waals surface area contributed by atoms with E-state index in [1.54, 1.807) is 0 Å². The van der Waals surface area contributed by atoms with Gasteiger partial charge in [0.15, 0.2) is 11.4 Å². The van der Waals surface area contributed by atoms with E-state index < -0.39 is 11.8 Å². The number of hydrogen-bond donors (Lipinski definition) is 2. The van der Waals surface area contributed by atoms with Crippen LogP contribution in [0.3, 0.4) is 0 Å². The minimum absolute atomic E-state index is 0.0955. The van der Waals surface area contributed by atoms with Gasteiger partial charge in [-0.1, -0.05) is 18.2 Å². The summed E-state index contributed by atoms with van der Waals surface area (Å²) in [7, 11) is 0. The second-order valence-electron chi connectivity index (χ2n) is 5.51. The van der Waals surface area contributed by atoms with Crippen molar-refractivity contribution in [3.05, 3.63) is 65.6 Å². The monoisotopic (exact) mass is 351 g/mol. The topological polar surface area (TPSA) is 124 Å². The third-order valence-electron chi connectivity index (χ3n) is 3.71. The Bertz CT molecular complexity index is 937. The summed E-state index contributed by atoms with van der Waals surface area (Å²) in [6, 6.07) is 9.56. The van der Waals surface area contributed by atoms with Crippen molar-refractivity contribution in [3.63, 3.8) is 0 Å². The first-order chi connectivity index (χ1) is 12.6. The number of primary amides is 1. The molecule has 8 nitrogen and oxygen atoms in total. The summed E-state index contributed by atoms with van der Waals surface area (Å²) < 4.78 is 5.69. The molecule has 3 rings (SSSR count). The molecule has 8 heteroatoms. The van der Waals surface area contributed by atoms with Gasteiger partial charge in [0.05, 0.1) is 5.69 Å². The van der Waals surface area contributed by atoms with Crippen molar-refractivity contribution in [2.45, 2.75) is 13.3 Å². The molecular formula is C18H17N5O3. The highest BCUT2D eigenvalue weighted by Crippen LogP contribution is 2.21. The van der Waals surface area contributed by atoms with Crippen LogP contribution in [0.2, 0.25) is 0 Å². The van der Waals surface area contributed by atoms with Crippen LogP contribution in [0.1, 0.15) is 32.4 Å². The third-order valence-corrected chi connectivity index (χ3v) is 3.71. The number of oxazole rings is 1. The van der Waals surface area contributed by atoms with Crippen LogP contribution in [0.4, 0.5) is 0 Å². The first-order valence-electron chi connectivity index (χ1n) is 7.97. The van der Waals surface area contributed by atoms with E-state index in [0.717, 1.165) is 11.3 Å². The van der Waals surface area contributed by atoms with Crippen molar-refractivity contribution in [2.24, 2.45) is 5.73 Å². The lowest BCUT2D eigenvalue weighted by Gasteiger charge is -2.05. The van der Waals surface area contributed by atoms with Crippen LogP contribution < -0.4 is 11.1 Å². The van der Waals surface area contributed by atoms with Gasteiger partial charge >= 0.3 is 0 Å². The van der Waals surface area contributed by atoms with Gasteiger partial charge in [-0.25, -0.2) is 15.0 Å². The van der Waals surface area contributed by atoms with Crippen LogP contribution in [-0.2, 0) is 6.42 Å². The fraction of sp³-hybridized carbons (Fsp3) is 0.167. The molecule has 3 N–H and O–H groups in total. The van der Waals surface area contributed by atoms with Gasteiger partial charge in [-0.2, -0.15) is 0 Å². The molecule has 0 aliphatic carbocycles. The highest BCUT2D eigenvalue weighted by molar-refractivity contribution is 6.03. The number of benzene rings is 1. The Labute approximate surface area is 149 Å². The van der Waals surface area contributed by atoms with Gasteiger partial charge in [0.25, 0.3) is 11.8 Å². The van der Waals surface area contributed by atoms with Crippen LogP contribution in [0.5, 0.6) is 0 Å². The lowest BCUT2D eigenvalue weighted by Crippen LogP contribution is -2.30. The van der Waals surface area contributed by atoms with Crippen molar-refractivity contribution < 1.29 is 14.0 Å². The highest BCUT2D eigenvalue weighted by Gasteiger charge is 2.18. The zero-order chi connectivity index (χ0) is 18.5. The van der Waals surface area contributed by atoms with Gasteiger partial charge < -0.3 is 15.5 Å². The number of rotatable bonds is 6. The van der Waals surface area contributed by atoms with Crippen molar-refractivity contribution in [2.75, 3.05) is 6.54 Å². The largest absolute Gasteiger partial charge is 0.441 e. The van der Waals surface area contributed by atoms with Gasteiger partial charge in [-0.3, -0.25) is 9.59 Å². The summed E-state index contributed by atoms with van der Waals surface area (Å²) in [6.45, 7) is 2.12. The normalized spacial score (nSPS) is 10.5. The second kappa shape index (κ2) is 7.56. The molecule has 0 unspecified atom stereocenters. The molecule has 3 aromatic rings. The first-order valence-corrected chi connectivity index (χ1v) is 7.97. The minimum Gasteiger partial charge on any atom is -0.441 e. The molecule has 0 fully saturated rings. The maximum absolute atomic E-state index is 12.2. The Morgan fingerprint density at radius 1 is 1.12 bits per heavy atom. The van der Waals surface area contributed by atoms with Crippen LogP contribution in [0.25, 0.3) is 11.5 Å². The molecule has 2 amide bonds. The van der Waals surface area contributed by atoms with E-state index in [2.05, 4.69) is 20.3 Å². The molecule has 0 aliphatic rings. The SMILES string of the molecule is Cc1oc(-c2ccccc2)nc1CCNC(=O)c1nccnc1C(N)=O. The molecule has 1 aromatic carbocycles. The lowest BCUT2D eigenvalue weighted by atomic mass is 10.2. The van der Waals surface area contributed by atoms with Gasteiger partial charge in [0.1, 0.15) is 5.76 Å². The number of carbonyl (C=O) groups is 2. The molecular weight excluding hydrogens is 334 g/mol. The Morgan fingerprint density at radius 3 is 2.50 bits per heavy atom. The number of aryl methyl sites for hydroxylation is 1. The van der Waals surface area contributed by atoms with Crippen LogP contribution in [0, 0.1) is 6.92 Å². The molecule has 2 aromatic heterocycles. The van der Waals surface area contributed by atoms with Crippen LogP contribution in [-0.4, -0.2) is 33.3 Å². The number of nitrogens with two attached hydrogens (primary N) is 1. The minimum atomic E-state index is -0.803. The predicted molar refractivity (Wildman–Crippen MR) is 93.3 cm³/mol. The van der Waals surface area contributed by atoms with E-state index in [1.807, 2.05) is 37.3 Å². The van der Waals surface area contributed by atoms with Gasteiger partial charge in [-0.05, 0) is 19.1 Å². The summed E-state index contributed by atoms with van der Waals surface area (Å²) in [5, 5.41) is 2.69. The van der Waals surface area contributed by atoms with Crippen molar-refractivity contribution in [1.82, 2.24) is 20.3 Å². The molecule has 0 radical (unpaired) electrons. The third kappa shape index (κ3) is 3.75. The van der Waals surface area contributed by atoms with E-state index in [9.17, 15) is 9.59 Å². The molecule has 0 aliphatic heterocycles. The summed E-state index contributed by atoms with van der Waals surface area (Å²) in [5.41, 5.74) is 6.59. The predicted octanol–water partition coefficient (Wildman–Crippen LogP) is 1.51. The van der Waals surface area contributed by atoms with E-state index >= 15 is 0 Å². The maximum atomic E-state index is 12.2. The van der Waals surface area contributed by atoms with E-state index in [4.69, 9.17) is 10.2 Å². The van der Waals surface area contributed by atoms with Crippen molar-refractivity contribution in [3.8, 4) is 11.5 Å². The molecule has 0 atom stereocenters. The molecule has 26 heavy (non-hydrogen) atoms. The average molecular weight is 351 g/mol. The molecule has 0 spiro atoms. The smallest absolute Gasteiger partial charge is 0.272 e. The standard InChI is InChI=1S/C18H17N5O3/c1-11-13(23-18(26-11)12-5-3-2-4-6-12)7-8-22-17(25)15-14(16(19)24)20-9-10-21-15/h2-6,9-10H,7-8H2,1H3,(H2,19,24)(H,22,25). The first kappa shape index (κ1) is 17.3. The fourth-order valence-corrected chi connectivity index (χ4v) is 2.43. The van der Waals surface area contributed by atoms with E-state index in [-0.39, 0.29) is 11.4 Å². The molecule has 0 saturated heterocycles. The highest BCUT2D eigenvalue weighted by atomic mass is 16.4. The molecule has 2 heterocycles. The summed E-state index contributed by atoms with van der Waals surface area (Å²) >= 11 is 0. The number of nitrogens with one attached hydrogen (secondary N) is 1. The maximum Gasteiger partial charge on any atom is 0.272 e. The Hall–Kier alpha value is -3.55. The quantitative estimate of drug-likeness (QED) is 0.694. The Morgan fingerprint density at radius 2 is 1.81 bits per heavy atom. The zero-order valence-corrected chi connectivity index (χ0v) is 14.1. The Kier molecular flexibility index (Phi) is 5.02. The molecule has 132 valence electrons. The molecule has 0 bridgehead atoms. The number of nitrogens with zero attached hydrogens (tertiary/aromatic N) is 3. The van der Waals surface area contributed by atoms with Crippen molar-refractivity contribution in [1.29, 1.82) is 0 Å². The summed E-state index contributed by atoms with van der Waals surface area (Å²) in [4.78, 5) is 35.7. The van der Waals surface area contributed by atoms with E-state index in [1.165, 1.54) is 12.4 Å². The number of amides is 2. The molecule has 0 saturated carbocycles. The average Bonchev–Trinajstić information content (AvgIpc) is 3.03. The number of aromatic nitrogens is 3. The van der Waals surface area contributed by atoms with Crippen LogP contribution >= 0.6 is 0 Å². The number of hydrogen-bond acceptors (Lipinski definition) is 6. The second-order valence-corrected chi connectivity index (χ2v) is 5.51. The van der Waals surface area contributed by atoms with Gasteiger partial charge in [0, 0.05) is 30.9 Å². The van der Waals surface area contributed by atoms with Crippen LogP contribution in [0.15, 0.2) is 47.1 Å². The van der Waals surface area contributed by atoms with Gasteiger partial charge in [-0.15, -0.1) is 0 Å². The number of carbonyl (C=O) groups excluding carboxylic acids is 2. The van der Waals surface area contributed by atoms with Gasteiger partial charge in [0.2, 0.25) is 5.89 Å². The Balaban J connectivity index is 1.65. The summed E-state index contributed by atoms with van der Waals surface area (Å²) in [6.07, 6.45) is 3.11. The summed E-state index contributed by atoms with van der Waals surface area (Å²) in [5.74, 6) is -0.0933. The fourth-order valence-electron chi connectivity index (χ4n) is 2.43. The lowest BCUT2D eigenvalue weighted by molar-refractivity contribution is 0.0928. The zero-order valence-electron chi connectivity index (χ0n) is 14.1. The van der Waals surface area contributed by atoms with Crippen molar-refractivity contribution >= 4 is 11.8 Å².